The van der Waals surface area contributed by atoms with Crippen LogP contribution in [0.1, 0.15) is 12.8 Å². The lowest BCUT2D eigenvalue weighted by Crippen LogP contribution is -2.42. The molecule has 112 valence electrons. The zero-order chi connectivity index (χ0) is 14.9. The number of sulfonamides is 1. The average molecular weight is 341 g/mol. The van der Waals surface area contributed by atoms with Crippen molar-refractivity contribution in [2.24, 2.45) is 11.7 Å². The van der Waals surface area contributed by atoms with Crippen molar-refractivity contribution in [2.75, 3.05) is 19.6 Å². The number of hydrogen-bond acceptors (Lipinski definition) is 3. The van der Waals surface area contributed by atoms with E-state index in [0.717, 1.165) is 12.8 Å². The SMILES string of the molecule is NCC1CCCN(S(=O)(=O)c2ccc(Cl)c(F)c2Cl)C1. The highest BCUT2D eigenvalue weighted by atomic mass is 35.5. The van der Waals surface area contributed by atoms with E-state index in [1.54, 1.807) is 0 Å². The van der Waals surface area contributed by atoms with Crippen LogP contribution < -0.4 is 5.73 Å². The summed E-state index contributed by atoms with van der Waals surface area (Å²) in [5.41, 5.74) is 5.60. The van der Waals surface area contributed by atoms with Gasteiger partial charge >= 0.3 is 0 Å². The first kappa shape index (κ1) is 16.0. The van der Waals surface area contributed by atoms with E-state index in [-0.39, 0.29) is 15.8 Å². The van der Waals surface area contributed by atoms with Crippen LogP contribution in [0.4, 0.5) is 4.39 Å². The first-order chi connectivity index (χ1) is 9.37. The maximum atomic E-state index is 13.7. The lowest BCUT2D eigenvalue weighted by Gasteiger charge is -2.31. The van der Waals surface area contributed by atoms with Gasteiger partial charge in [0.15, 0.2) is 5.82 Å². The average Bonchev–Trinajstić information content (AvgIpc) is 2.44. The third-order valence-electron chi connectivity index (χ3n) is 3.43. The van der Waals surface area contributed by atoms with E-state index in [1.165, 1.54) is 16.4 Å². The fraction of sp³-hybridized carbons (Fsp3) is 0.500. The summed E-state index contributed by atoms with van der Waals surface area (Å²) in [4.78, 5) is -0.251. The Morgan fingerprint density at radius 3 is 2.75 bits per heavy atom. The highest BCUT2D eigenvalue weighted by Crippen LogP contribution is 2.32. The van der Waals surface area contributed by atoms with Crippen LogP contribution >= 0.6 is 23.2 Å². The molecule has 1 saturated heterocycles. The van der Waals surface area contributed by atoms with Gasteiger partial charge in [0.25, 0.3) is 0 Å². The minimum absolute atomic E-state index is 0.120. The highest BCUT2D eigenvalue weighted by Gasteiger charge is 2.32. The molecular weight excluding hydrogens is 326 g/mol. The van der Waals surface area contributed by atoms with Crippen LogP contribution in [0.5, 0.6) is 0 Å². The van der Waals surface area contributed by atoms with E-state index in [0.29, 0.717) is 19.6 Å². The van der Waals surface area contributed by atoms with Gasteiger partial charge in [-0.15, -0.1) is 0 Å². The van der Waals surface area contributed by atoms with Gasteiger partial charge in [0.05, 0.1) is 10.0 Å². The molecule has 0 amide bonds. The summed E-state index contributed by atoms with van der Waals surface area (Å²) < 4.78 is 40.0. The van der Waals surface area contributed by atoms with Crippen LogP contribution in [0.3, 0.4) is 0 Å². The molecule has 0 aliphatic carbocycles. The van der Waals surface area contributed by atoms with Gasteiger partial charge in [0, 0.05) is 13.1 Å². The molecule has 1 fully saturated rings. The van der Waals surface area contributed by atoms with Crippen LogP contribution in [0.25, 0.3) is 0 Å². The molecule has 0 aromatic heterocycles. The number of halogens is 3. The third-order valence-corrected chi connectivity index (χ3v) is 6.11. The van der Waals surface area contributed by atoms with E-state index in [4.69, 9.17) is 28.9 Å². The van der Waals surface area contributed by atoms with Crippen LogP contribution in [-0.4, -0.2) is 32.4 Å². The molecule has 0 bridgehead atoms. The highest BCUT2D eigenvalue weighted by molar-refractivity contribution is 7.89. The van der Waals surface area contributed by atoms with Gasteiger partial charge in [-0.25, -0.2) is 12.8 Å². The van der Waals surface area contributed by atoms with Gasteiger partial charge in [0.1, 0.15) is 4.90 Å². The molecule has 2 rings (SSSR count). The van der Waals surface area contributed by atoms with Crippen molar-refractivity contribution in [3.05, 3.63) is 28.0 Å². The Balaban J connectivity index is 2.38. The first-order valence-corrected chi connectivity index (χ1v) is 8.41. The van der Waals surface area contributed by atoms with Crippen molar-refractivity contribution in [1.82, 2.24) is 4.31 Å². The fourth-order valence-electron chi connectivity index (χ4n) is 2.28. The number of benzene rings is 1. The van der Waals surface area contributed by atoms with Crippen molar-refractivity contribution in [3.63, 3.8) is 0 Å². The maximum Gasteiger partial charge on any atom is 0.244 e. The van der Waals surface area contributed by atoms with Crippen molar-refractivity contribution >= 4 is 33.2 Å². The van der Waals surface area contributed by atoms with Crippen LogP contribution in [0.15, 0.2) is 17.0 Å². The minimum atomic E-state index is -3.83. The Morgan fingerprint density at radius 2 is 2.10 bits per heavy atom. The molecule has 1 atom stereocenters. The summed E-state index contributed by atoms with van der Waals surface area (Å²) in [6.07, 6.45) is 1.63. The predicted octanol–water partition coefficient (Wildman–Crippen LogP) is 2.49. The van der Waals surface area contributed by atoms with Crippen molar-refractivity contribution in [2.45, 2.75) is 17.7 Å². The lowest BCUT2D eigenvalue weighted by molar-refractivity contribution is 0.271. The monoisotopic (exact) mass is 340 g/mol. The van der Waals surface area contributed by atoms with E-state index in [2.05, 4.69) is 0 Å². The number of hydrogen-bond donors (Lipinski definition) is 1. The number of nitrogens with zero attached hydrogens (tertiary/aromatic N) is 1. The maximum absolute atomic E-state index is 13.7. The summed E-state index contributed by atoms with van der Waals surface area (Å²) in [5.74, 6) is -0.795. The summed E-state index contributed by atoms with van der Waals surface area (Å²) in [6, 6.07) is 2.43. The van der Waals surface area contributed by atoms with E-state index >= 15 is 0 Å². The minimum Gasteiger partial charge on any atom is -0.330 e. The third kappa shape index (κ3) is 2.94. The van der Waals surface area contributed by atoms with E-state index in [9.17, 15) is 12.8 Å². The predicted molar refractivity (Wildman–Crippen MR) is 77.0 cm³/mol. The molecule has 20 heavy (non-hydrogen) atoms. The summed E-state index contributed by atoms with van der Waals surface area (Å²) in [5, 5.41) is -0.667. The van der Waals surface area contributed by atoms with Crippen LogP contribution in [-0.2, 0) is 10.0 Å². The van der Waals surface area contributed by atoms with Crippen LogP contribution in [0, 0.1) is 11.7 Å². The normalized spacial score (nSPS) is 21.1. The van der Waals surface area contributed by atoms with Gasteiger partial charge in [0.2, 0.25) is 10.0 Å². The summed E-state index contributed by atoms with van der Waals surface area (Å²) in [7, 11) is -3.83. The molecular formula is C12H15Cl2FN2O2S. The first-order valence-electron chi connectivity index (χ1n) is 6.21. The molecule has 0 radical (unpaired) electrons. The van der Waals surface area contributed by atoms with Gasteiger partial charge < -0.3 is 5.73 Å². The zero-order valence-electron chi connectivity index (χ0n) is 10.7. The molecule has 8 heteroatoms. The molecule has 1 aliphatic heterocycles. The summed E-state index contributed by atoms with van der Waals surface area (Å²) in [6.45, 7) is 1.15. The lowest BCUT2D eigenvalue weighted by atomic mass is 10.0. The van der Waals surface area contributed by atoms with Crippen LogP contribution in [0.2, 0.25) is 10.0 Å². The molecule has 1 heterocycles. The Hall–Kier alpha value is -0.400. The Labute approximate surface area is 127 Å². The van der Waals surface area contributed by atoms with Gasteiger partial charge in [-0.05, 0) is 37.4 Å². The molecule has 2 N–H and O–H groups in total. The topological polar surface area (TPSA) is 63.4 Å². The number of nitrogens with two attached hydrogens (primary N) is 1. The Morgan fingerprint density at radius 1 is 1.40 bits per heavy atom. The molecule has 0 saturated carbocycles. The largest absolute Gasteiger partial charge is 0.330 e. The Bertz CT molecular complexity index is 610. The van der Waals surface area contributed by atoms with Gasteiger partial charge in [-0.3, -0.25) is 0 Å². The zero-order valence-corrected chi connectivity index (χ0v) is 13.0. The fourth-order valence-corrected chi connectivity index (χ4v) is 4.56. The summed E-state index contributed by atoms with van der Waals surface area (Å²) >= 11 is 11.4. The molecule has 1 aromatic rings. The van der Waals surface area contributed by atoms with Gasteiger partial charge in [-0.2, -0.15) is 4.31 Å². The van der Waals surface area contributed by atoms with Crippen molar-refractivity contribution in [1.29, 1.82) is 0 Å². The van der Waals surface area contributed by atoms with Crippen molar-refractivity contribution < 1.29 is 12.8 Å². The van der Waals surface area contributed by atoms with E-state index < -0.39 is 20.9 Å². The van der Waals surface area contributed by atoms with E-state index in [1.807, 2.05) is 0 Å². The van der Waals surface area contributed by atoms with Crippen molar-refractivity contribution in [3.8, 4) is 0 Å². The number of rotatable bonds is 3. The second kappa shape index (κ2) is 6.15. The number of piperidine rings is 1. The quantitative estimate of drug-likeness (QED) is 0.859. The Kier molecular flexibility index (Phi) is 4.92. The molecule has 1 aromatic carbocycles. The van der Waals surface area contributed by atoms with Gasteiger partial charge in [-0.1, -0.05) is 23.2 Å². The second-order valence-corrected chi connectivity index (χ2v) is 7.47. The molecule has 4 nitrogen and oxygen atoms in total. The molecule has 0 spiro atoms. The standard InChI is InChI=1S/C12H15Cl2FN2O2S/c13-9-3-4-10(11(14)12(9)15)20(18,19)17-5-1-2-8(6-16)7-17/h3-4,8H,1-2,5-7,16H2. The smallest absolute Gasteiger partial charge is 0.244 e. The molecule has 1 aliphatic rings. The molecule has 1 unspecified atom stereocenters. The second-order valence-electron chi connectivity index (χ2n) is 4.78.